The lowest BCUT2D eigenvalue weighted by molar-refractivity contribution is -0.0492. The third-order valence-electron chi connectivity index (χ3n) is 4.14. The van der Waals surface area contributed by atoms with Crippen molar-refractivity contribution in [3.8, 4) is 11.8 Å². The van der Waals surface area contributed by atoms with Crippen LogP contribution in [0.2, 0.25) is 0 Å². The Balaban J connectivity index is 0.000000861. The zero-order chi connectivity index (χ0) is 14.3. The molecule has 0 radical (unpaired) electrons. The third-order valence-corrected chi connectivity index (χ3v) is 4.14. The summed E-state index contributed by atoms with van der Waals surface area (Å²) >= 11 is 0. The van der Waals surface area contributed by atoms with Gasteiger partial charge < -0.3 is 4.90 Å². The van der Waals surface area contributed by atoms with Crippen LogP contribution >= 0.6 is 0 Å². The van der Waals surface area contributed by atoms with E-state index in [0.717, 1.165) is 12.5 Å². The first-order chi connectivity index (χ1) is 9.13. The van der Waals surface area contributed by atoms with E-state index in [0.29, 0.717) is 5.41 Å². The molecule has 0 bridgehead atoms. The van der Waals surface area contributed by atoms with E-state index >= 15 is 0 Å². The lowest BCUT2D eigenvalue weighted by Crippen LogP contribution is -2.60. The van der Waals surface area contributed by atoms with Crippen LogP contribution in [0.1, 0.15) is 47.5 Å². The lowest BCUT2D eigenvalue weighted by atomic mass is 9.72. The molecule has 19 heavy (non-hydrogen) atoms. The molecule has 2 heteroatoms. The zero-order valence-corrected chi connectivity index (χ0v) is 13.6. The summed E-state index contributed by atoms with van der Waals surface area (Å²) in [5.41, 5.74) is 0.672. The van der Waals surface area contributed by atoms with Gasteiger partial charge in [-0.1, -0.05) is 33.6 Å². The van der Waals surface area contributed by atoms with Gasteiger partial charge in [0.1, 0.15) is 0 Å². The quantitative estimate of drug-likeness (QED) is 0.723. The van der Waals surface area contributed by atoms with Gasteiger partial charge in [0.05, 0.1) is 6.54 Å². The topological polar surface area (TPSA) is 6.48 Å². The fourth-order valence-corrected chi connectivity index (χ4v) is 3.24. The highest BCUT2D eigenvalue weighted by atomic mass is 15.2. The van der Waals surface area contributed by atoms with Crippen molar-refractivity contribution in [3.63, 3.8) is 0 Å². The maximum atomic E-state index is 3.18. The Morgan fingerprint density at radius 2 is 1.63 bits per heavy atom. The number of rotatable bonds is 3. The molecule has 2 rings (SSSR count). The van der Waals surface area contributed by atoms with Gasteiger partial charge in [-0.05, 0) is 44.2 Å². The van der Waals surface area contributed by atoms with Crippen molar-refractivity contribution < 1.29 is 0 Å². The number of likely N-dealkylation sites (tertiary alicyclic amines) is 2. The average molecular weight is 264 g/mol. The van der Waals surface area contributed by atoms with Crippen molar-refractivity contribution in [2.24, 2.45) is 11.3 Å². The minimum atomic E-state index is 0.672. The lowest BCUT2D eigenvalue weighted by Gasteiger charge is -2.54. The van der Waals surface area contributed by atoms with Crippen LogP contribution in [0.4, 0.5) is 0 Å². The second kappa shape index (κ2) is 7.92. The van der Waals surface area contributed by atoms with Crippen molar-refractivity contribution in [1.29, 1.82) is 0 Å². The molecule has 0 aromatic heterocycles. The minimum Gasteiger partial charge on any atom is -0.302 e. The molecule has 0 N–H and O–H groups in total. The summed E-state index contributed by atoms with van der Waals surface area (Å²) in [5, 5.41) is 0. The Bertz CT molecular complexity index is 295. The SMILES string of the molecule is CC.CC#CCN1CCC2(CC1)CN(CC(C)C)C2. The van der Waals surface area contributed by atoms with E-state index in [1.165, 1.54) is 45.6 Å². The average Bonchev–Trinajstić information content (AvgIpc) is 2.38. The van der Waals surface area contributed by atoms with E-state index < -0.39 is 0 Å². The van der Waals surface area contributed by atoms with Gasteiger partial charge >= 0.3 is 0 Å². The first-order valence-electron chi connectivity index (χ1n) is 7.98. The maximum absolute atomic E-state index is 3.18. The van der Waals surface area contributed by atoms with Gasteiger partial charge in [0.2, 0.25) is 0 Å². The third kappa shape index (κ3) is 4.82. The van der Waals surface area contributed by atoms with Crippen LogP contribution in [-0.4, -0.2) is 49.1 Å². The molecule has 2 heterocycles. The second-order valence-electron chi connectivity index (χ2n) is 6.27. The number of hydrogen-bond donors (Lipinski definition) is 0. The van der Waals surface area contributed by atoms with Crippen LogP contribution in [0.25, 0.3) is 0 Å². The predicted molar refractivity (Wildman–Crippen MR) is 84.2 cm³/mol. The maximum Gasteiger partial charge on any atom is 0.0601 e. The number of hydrogen-bond acceptors (Lipinski definition) is 2. The Morgan fingerprint density at radius 3 is 2.11 bits per heavy atom. The van der Waals surface area contributed by atoms with Crippen LogP contribution in [0.5, 0.6) is 0 Å². The summed E-state index contributed by atoms with van der Waals surface area (Å²) in [6, 6.07) is 0. The molecule has 0 unspecified atom stereocenters. The first-order valence-corrected chi connectivity index (χ1v) is 7.98. The highest BCUT2D eigenvalue weighted by Crippen LogP contribution is 2.40. The standard InChI is InChI=1S/C15H26N2.C2H6/c1-4-5-8-16-9-6-15(7-10-16)12-17(13-15)11-14(2)3;1-2/h14H,6-13H2,1-3H3;1-2H3. The van der Waals surface area contributed by atoms with Crippen molar-refractivity contribution in [2.75, 3.05) is 39.3 Å². The van der Waals surface area contributed by atoms with E-state index in [2.05, 4.69) is 35.5 Å². The zero-order valence-electron chi connectivity index (χ0n) is 13.6. The van der Waals surface area contributed by atoms with Crippen LogP contribution in [-0.2, 0) is 0 Å². The molecule has 0 saturated carbocycles. The van der Waals surface area contributed by atoms with Crippen LogP contribution in [0.15, 0.2) is 0 Å². The molecule has 2 nitrogen and oxygen atoms in total. The smallest absolute Gasteiger partial charge is 0.0601 e. The van der Waals surface area contributed by atoms with Crippen LogP contribution < -0.4 is 0 Å². The monoisotopic (exact) mass is 264 g/mol. The highest BCUT2D eigenvalue weighted by molar-refractivity contribution is 5.02. The normalized spacial score (nSPS) is 22.2. The molecule has 2 saturated heterocycles. The van der Waals surface area contributed by atoms with Gasteiger partial charge in [-0.3, -0.25) is 4.90 Å². The van der Waals surface area contributed by atoms with E-state index in [4.69, 9.17) is 0 Å². The summed E-state index contributed by atoms with van der Waals surface area (Å²) in [5.74, 6) is 6.99. The van der Waals surface area contributed by atoms with Gasteiger partial charge in [-0.25, -0.2) is 0 Å². The van der Waals surface area contributed by atoms with E-state index in [1.807, 2.05) is 20.8 Å². The van der Waals surface area contributed by atoms with E-state index in [9.17, 15) is 0 Å². The Morgan fingerprint density at radius 1 is 1.05 bits per heavy atom. The predicted octanol–water partition coefficient (Wildman–Crippen LogP) is 3.09. The van der Waals surface area contributed by atoms with Gasteiger partial charge in [-0.15, -0.1) is 5.92 Å². The number of piperidine rings is 1. The highest BCUT2D eigenvalue weighted by Gasteiger charge is 2.44. The second-order valence-corrected chi connectivity index (χ2v) is 6.27. The van der Waals surface area contributed by atoms with Crippen LogP contribution in [0, 0.1) is 23.2 Å². The Kier molecular flexibility index (Phi) is 6.89. The molecule has 0 aromatic carbocycles. The van der Waals surface area contributed by atoms with Crippen LogP contribution in [0.3, 0.4) is 0 Å². The molecular formula is C17H32N2. The van der Waals surface area contributed by atoms with Crippen molar-refractivity contribution in [1.82, 2.24) is 9.80 Å². The van der Waals surface area contributed by atoms with Gasteiger partial charge in [0.15, 0.2) is 0 Å². The molecule has 2 aliphatic rings. The van der Waals surface area contributed by atoms with E-state index in [1.54, 1.807) is 0 Å². The largest absolute Gasteiger partial charge is 0.302 e. The molecule has 0 aliphatic carbocycles. The van der Waals surface area contributed by atoms with Gasteiger partial charge in [-0.2, -0.15) is 0 Å². The summed E-state index contributed by atoms with van der Waals surface area (Å²) in [7, 11) is 0. The molecule has 0 atom stereocenters. The van der Waals surface area contributed by atoms with Gasteiger partial charge in [0.25, 0.3) is 0 Å². The Hall–Kier alpha value is -0.520. The summed E-state index contributed by atoms with van der Waals surface area (Å²) in [6.45, 7) is 18.0. The fraction of sp³-hybridized carbons (Fsp3) is 0.882. The summed E-state index contributed by atoms with van der Waals surface area (Å²) in [4.78, 5) is 5.14. The minimum absolute atomic E-state index is 0.672. The molecular weight excluding hydrogens is 232 g/mol. The fourth-order valence-electron chi connectivity index (χ4n) is 3.24. The summed E-state index contributed by atoms with van der Waals surface area (Å²) in [6.07, 6.45) is 2.76. The molecule has 110 valence electrons. The molecule has 1 spiro atoms. The molecule has 0 amide bonds. The Labute approximate surface area is 120 Å². The van der Waals surface area contributed by atoms with Gasteiger partial charge in [0, 0.05) is 19.6 Å². The van der Waals surface area contributed by atoms with Crippen molar-refractivity contribution >= 4 is 0 Å². The molecule has 2 fully saturated rings. The van der Waals surface area contributed by atoms with Crippen molar-refractivity contribution in [3.05, 3.63) is 0 Å². The first kappa shape index (κ1) is 16.5. The van der Waals surface area contributed by atoms with Crippen molar-refractivity contribution in [2.45, 2.75) is 47.5 Å². The summed E-state index contributed by atoms with van der Waals surface area (Å²) < 4.78 is 0. The number of nitrogens with zero attached hydrogens (tertiary/aromatic N) is 2. The molecule has 2 aliphatic heterocycles. The van der Waals surface area contributed by atoms with E-state index in [-0.39, 0.29) is 0 Å². The molecule has 0 aromatic rings.